The molecule has 2 fully saturated rings. The largest absolute Gasteiger partial charge is 0.326 e. The highest BCUT2D eigenvalue weighted by molar-refractivity contribution is 6.01. The van der Waals surface area contributed by atoms with E-state index in [2.05, 4.69) is 10.6 Å². The quantitative estimate of drug-likeness (QED) is 0.816. The molecule has 0 aromatic heterocycles. The number of carbonyl (C=O) groups excluding carboxylic acids is 2. The van der Waals surface area contributed by atoms with Gasteiger partial charge < -0.3 is 10.6 Å². The second kappa shape index (κ2) is 6.80. The molecule has 0 saturated heterocycles. The fraction of sp³-hybridized carbons (Fsp3) is 0.364. The van der Waals surface area contributed by atoms with E-state index in [9.17, 15) is 14.0 Å². The van der Waals surface area contributed by atoms with Crippen molar-refractivity contribution in [2.45, 2.75) is 44.4 Å². The van der Waals surface area contributed by atoms with Gasteiger partial charge in [-0.2, -0.15) is 0 Å². The molecule has 0 atom stereocenters. The lowest BCUT2D eigenvalue weighted by Gasteiger charge is -2.40. The number of hydrogen-bond acceptors (Lipinski definition) is 2. The van der Waals surface area contributed by atoms with Crippen LogP contribution in [0.1, 0.15) is 43.2 Å². The molecule has 0 unspecified atom stereocenters. The number of carbonyl (C=O) groups is 2. The summed E-state index contributed by atoms with van der Waals surface area (Å²) in [6.45, 7) is 1.91. The van der Waals surface area contributed by atoms with Crippen molar-refractivity contribution in [3.63, 3.8) is 0 Å². The standard InChI is InChI=1S/C22H23FN2O2/c1-14-6-9-18(24-20(26)15-7-8-15)13-19(14)25-21(27)22(10-3-11-22)16-4-2-5-17(23)12-16/h2,4-6,9,12-13,15H,3,7-8,10-11H2,1H3,(H,24,26)(H,25,27). The molecule has 2 saturated carbocycles. The normalized spacial score (nSPS) is 17.7. The van der Waals surface area contributed by atoms with Crippen LogP contribution in [0, 0.1) is 18.7 Å². The second-order valence-corrected chi connectivity index (χ2v) is 7.69. The lowest BCUT2D eigenvalue weighted by molar-refractivity contribution is -0.124. The minimum Gasteiger partial charge on any atom is -0.326 e. The van der Waals surface area contributed by atoms with E-state index >= 15 is 0 Å². The third-order valence-electron chi connectivity index (χ3n) is 5.72. The second-order valence-electron chi connectivity index (χ2n) is 7.69. The Hall–Kier alpha value is -2.69. The van der Waals surface area contributed by atoms with Crippen molar-refractivity contribution in [1.29, 1.82) is 0 Å². The van der Waals surface area contributed by atoms with E-state index in [0.29, 0.717) is 24.2 Å². The summed E-state index contributed by atoms with van der Waals surface area (Å²) in [4.78, 5) is 25.1. The van der Waals surface area contributed by atoms with Gasteiger partial charge in [-0.25, -0.2) is 4.39 Å². The number of amides is 2. The van der Waals surface area contributed by atoms with Crippen molar-refractivity contribution in [1.82, 2.24) is 0 Å². The molecule has 2 amide bonds. The molecule has 4 rings (SSSR count). The molecule has 2 aromatic carbocycles. The molecule has 0 heterocycles. The molecule has 5 heteroatoms. The Morgan fingerprint density at radius 3 is 2.48 bits per heavy atom. The summed E-state index contributed by atoms with van der Waals surface area (Å²) < 4.78 is 13.7. The predicted octanol–water partition coefficient (Wildman–Crippen LogP) is 4.54. The zero-order valence-corrected chi connectivity index (χ0v) is 15.3. The lowest BCUT2D eigenvalue weighted by Crippen LogP contribution is -2.46. The highest BCUT2D eigenvalue weighted by Crippen LogP contribution is 2.45. The van der Waals surface area contributed by atoms with Gasteiger partial charge in [-0.15, -0.1) is 0 Å². The molecule has 2 aromatic rings. The Balaban J connectivity index is 1.55. The molecule has 0 aliphatic heterocycles. The fourth-order valence-electron chi connectivity index (χ4n) is 3.63. The van der Waals surface area contributed by atoms with E-state index < -0.39 is 5.41 Å². The Morgan fingerprint density at radius 2 is 1.85 bits per heavy atom. The first-order chi connectivity index (χ1) is 13.0. The number of aryl methyl sites for hydroxylation is 1. The highest BCUT2D eigenvalue weighted by atomic mass is 19.1. The van der Waals surface area contributed by atoms with Gasteiger partial charge in [0.15, 0.2) is 0 Å². The van der Waals surface area contributed by atoms with Gasteiger partial charge in [-0.1, -0.05) is 24.6 Å². The van der Waals surface area contributed by atoms with Crippen LogP contribution >= 0.6 is 0 Å². The summed E-state index contributed by atoms with van der Waals surface area (Å²) in [5.41, 5.74) is 2.32. The van der Waals surface area contributed by atoms with Crippen molar-refractivity contribution in [3.8, 4) is 0 Å². The third kappa shape index (κ3) is 3.46. The first-order valence-electron chi connectivity index (χ1n) is 9.47. The molecular weight excluding hydrogens is 343 g/mol. The molecule has 27 heavy (non-hydrogen) atoms. The van der Waals surface area contributed by atoms with E-state index in [1.54, 1.807) is 12.1 Å². The first-order valence-corrected chi connectivity index (χ1v) is 9.47. The van der Waals surface area contributed by atoms with Crippen LogP contribution in [0.25, 0.3) is 0 Å². The van der Waals surface area contributed by atoms with Crippen LogP contribution in [-0.2, 0) is 15.0 Å². The van der Waals surface area contributed by atoms with E-state index in [1.165, 1.54) is 12.1 Å². The smallest absolute Gasteiger partial charge is 0.235 e. The average molecular weight is 366 g/mol. The predicted molar refractivity (Wildman–Crippen MR) is 103 cm³/mol. The Bertz CT molecular complexity index is 901. The SMILES string of the molecule is Cc1ccc(NC(=O)C2CC2)cc1NC(=O)C1(c2cccc(F)c2)CCC1. The monoisotopic (exact) mass is 366 g/mol. The highest BCUT2D eigenvalue weighted by Gasteiger charge is 2.45. The van der Waals surface area contributed by atoms with Gasteiger partial charge in [0.1, 0.15) is 5.82 Å². The van der Waals surface area contributed by atoms with Gasteiger partial charge >= 0.3 is 0 Å². The number of halogens is 1. The topological polar surface area (TPSA) is 58.2 Å². The molecule has 0 radical (unpaired) electrons. The Kier molecular flexibility index (Phi) is 4.46. The third-order valence-corrected chi connectivity index (χ3v) is 5.72. The summed E-state index contributed by atoms with van der Waals surface area (Å²) in [6.07, 6.45) is 4.24. The number of hydrogen-bond donors (Lipinski definition) is 2. The van der Waals surface area contributed by atoms with Gasteiger partial charge in [0.25, 0.3) is 0 Å². The summed E-state index contributed by atoms with van der Waals surface area (Å²) in [7, 11) is 0. The van der Waals surface area contributed by atoms with E-state index in [4.69, 9.17) is 0 Å². The molecule has 140 valence electrons. The number of anilines is 2. The van der Waals surface area contributed by atoms with Crippen LogP contribution in [0.4, 0.5) is 15.8 Å². The summed E-state index contributed by atoms with van der Waals surface area (Å²) in [5, 5.41) is 5.93. The molecule has 2 aliphatic carbocycles. The number of rotatable bonds is 5. The molecule has 4 nitrogen and oxygen atoms in total. The molecule has 2 aliphatic rings. The maximum Gasteiger partial charge on any atom is 0.235 e. The maximum absolute atomic E-state index is 13.7. The van der Waals surface area contributed by atoms with Crippen LogP contribution < -0.4 is 10.6 Å². The minimum atomic E-state index is -0.679. The molecule has 2 N–H and O–H groups in total. The summed E-state index contributed by atoms with van der Waals surface area (Å²) >= 11 is 0. The molecular formula is C22H23FN2O2. The van der Waals surface area contributed by atoms with E-state index in [-0.39, 0.29) is 23.5 Å². The van der Waals surface area contributed by atoms with Crippen molar-refractivity contribution < 1.29 is 14.0 Å². The van der Waals surface area contributed by atoms with Crippen LogP contribution in [0.3, 0.4) is 0 Å². The molecule has 0 spiro atoms. The number of nitrogens with one attached hydrogen (secondary N) is 2. The van der Waals surface area contributed by atoms with Crippen LogP contribution in [0.2, 0.25) is 0 Å². The van der Waals surface area contributed by atoms with Crippen molar-refractivity contribution in [2.24, 2.45) is 5.92 Å². The number of benzene rings is 2. The van der Waals surface area contributed by atoms with Gasteiger partial charge in [0.05, 0.1) is 5.41 Å². The molecule has 0 bridgehead atoms. The lowest BCUT2D eigenvalue weighted by atomic mass is 9.63. The van der Waals surface area contributed by atoms with Crippen LogP contribution in [-0.4, -0.2) is 11.8 Å². The summed E-state index contributed by atoms with van der Waals surface area (Å²) in [6, 6.07) is 11.8. The van der Waals surface area contributed by atoms with E-state index in [1.807, 2.05) is 25.1 Å². The average Bonchev–Trinajstić information content (AvgIpc) is 3.42. The fourth-order valence-corrected chi connectivity index (χ4v) is 3.63. The zero-order valence-electron chi connectivity index (χ0n) is 15.3. The van der Waals surface area contributed by atoms with Gasteiger partial charge in [0, 0.05) is 17.3 Å². The summed E-state index contributed by atoms with van der Waals surface area (Å²) in [5.74, 6) is -0.289. The van der Waals surface area contributed by atoms with E-state index in [0.717, 1.165) is 30.4 Å². The van der Waals surface area contributed by atoms with Crippen LogP contribution in [0.15, 0.2) is 42.5 Å². The van der Waals surface area contributed by atoms with Crippen molar-refractivity contribution in [3.05, 3.63) is 59.4 Å². The zero-order chi connectivity index (χ0) is 19.0. The van der Waals surface area contributed by atoms with Gasteiger partial charge in [0.2, 0.25) is 11.8 Å². The first kappa shape index (κ1) is 17.7. The van der Waals surface area contributed by atoms with Gasteiger partial charge in [-0.3, -0.25) is 9.59 Å². The Labute approximate surface area is 158 Å². The van der Waals surface area contributed by atoms with Gasteiger partial charge in [-0.05, 0) is 68.0 Å². The van der Waals surface area contributed by atoms with Crippen LogP contribution in [0.5, 0.6) is 0 Å². The van der Waals surface area contributed by atoms with Crippen molar-refractivity contribution >= 4 is 23.2 Å². The Morgan fingerprint density at radius 1 is 1.07 bits per heavy atom. The van der Waals surface area contributed by atoms with Crippen molar-refractivity contribution in [2.75, 3.05) is 10.6 Å². The maximum atomic E-state index is 13.7. The minimum absolute atomic E-state index is 0.0337.